The normalized spacial score (nSPS) is 25.8. The van der Waals surface area contributed by atoms with E-state index in [1.54, 1.807) is 0 Å². The summed E-state index contributed by atoms with van der Waals surface area (Å²) in [5, 5.41) is 19.3. The summed E-state index contributed by atoms with van der Waals surface area (Å²) in [6.45, 7) is 2.37. The monoisotopic (exact) mass is 418 g/mol. The van der Waals surface area contributed by atoms with Crippen LogP contribution in [0.1, 0.15) is 63.0 Å². The lowest BCUT2D eigenvalue weighted by Gasteiger charge is -2.32. The Morgan fingerprint density at radius 2 is 2.10 bits per heavy atom. The minimum absolute atomic E-state index is 0.113. The summed E-state index contributed by atoms with van der Waals surface area (Å²) in [5.41, 5.74) is 2.28. The molecule has 1 saturated carbocycles. The lowest BCUT2D eigenvalue weighted by molar-refractivity contribution is -0.139. The molecule has 0 aliphatic heterocycles. The number of rotatable bonds is 12. The zero-order valence-corrected chi connectivity index (χ0v) is 17.8. The van der Waals surface area contributed by atoms with Crippen LogP contribution in [0.25, 0.3) is 0 Å². The van der Waals surface area contributed by atoms with Gasteiger partial charge in [-0.3, -0.25) is 4.79 Å². The number of unbranched alkanes of at least 4 members (excludes halogenated alkanes) is 2. The van der Waals surface area contributed by atoms with Crippen LogP contribution in [0.15, 0.2) is 18.2 Å². The van der Waals surface area contributed by atoms with E-state index in [-0.39, 0.29) is 24.7 Å². The van der Waals surface area contributed by atoms with E-state index in [2.05, 4.69) is 13.0 Å². The fraction of sp³-hybridized carbons (Fsp3) is 0.667. The number of aliphatic carboxylic acids is 1. The van der Waals surface area contributed by atoms with Gasteiger partial charge in [0.2, 0.25) is 0 Å². The predicted molar refractivity (Wildman–Crippen MR) is 112 cm³/mol. The highest BCUT2D eigenvalue weighted by atomic mass is 16.5. The third-order valence-electron chi connectivity index (χ3n) is 6.88. The number of aliphatic hydroxyl groups is 1. The highest BCUT2D eigenvalue weighted by molar-refractivity contribution is 5.68. The highest BCUT2D eigenvalue weighted by Crippen LogP contribution is 2.49. The van der Waals surface area contributed by atoms with Crippen molar-refractivity contribution >= 4 is 12.4 Å². The maximum Gasteiger partial charge on any atom is 0.341 e. The number of carboxylic acid groups (broad SMARTS) is 1. The van der Waals surface area contributed by atoms with Crippen LogP contribution in [0.5, 0.6) is 5.75 Å². The maximum atomic E-state index is 11.1. The summed E-state index contributed by atoms with van der Waals surface area (Å²) in [5.74, 6) is 0.687. The summed E-state index contributed by atoms with van der Waals surface area (Å²) in [6, 6.07) is 5.83. The lowest BCUT2D eigenvalue weighted by atomic mass is 9.73. The first-order chi connectivity index (χ1) is 14.5. The van der Waals surface area contributed by atoms with Crippen LogP contribution in [-0.2, 0) is 27.2 Å². The van der Waals surface area contributed by atoms with Crippen molar-refractivity contribution in [1.82, 2.24) is 0 Å². The molecule has 5 atom stereocenters. The van der Waals surface area contributed by atoms with Gasteiger partial charge in [0.1, 0.15) is 11.9 Å². The molecule has 1 aromatic carbocycles. The number of hydrogen-bond acceptors (Lipinski definition) is 5. The van der Waals surface area contributed by atoms with Gasteiger partial charge < -0.3 is 19.7 Å². The van der Waals surface area contributed by atoms with Crippen LogP contribution in [0.4, 0.5) is 0 Å². The second-order valence-electron chi connectivity index (χ2n) is 8.81. The van der Waals surface area contributed by atoms with E-state index in [0.717, 1.165) is 63.4 Å². The Balaban J connectivity index is 1.69. The largest absolute Gasteiger partial charge is 0.482 e. The number of benzene rings is 1. The van der Waals surface area contributed by atoms with Crippen molar-refractivity contribution in [2.24, 2.45) is 17.8 Å². The van der Waals surface area contributed by atoms with Gasteiger partial charge in [-0.2, -0.15) is 0 Å². The molecule has 1 fully saturated rings. The van der Waals surface area contributed by atoms with Gasteiger partial charge in [-0.05, 0) is 73.5 Å². The molecule has 2 N–H and O–H groups in total. The number of carbonyl (C=O) groups is 2. The summed E-state index contributed by atoms with van der Waals surface area (Å²) >= 11 is 0. The van der Waals surface area contributed by atoms with Crippen molar-refractivity contribution in [1.29, 1.82) is 0 Å². The van der Waals surface area contributed by atoms with Gasteiger partial charge in [-0.15, -0.1) is 0 Å². The molecule has 2 aliphatic rings. The molecule has 0 spiro atoms. The molecule has 166 valence electrons. The molecule has 1 aromatic rings. The van der Waals surface area contributed by atoms with E-state index < -0.39 is 5.97 Å². The summed E-state index contributed by atoms with van der Waals surface area (Å²) in [6.07, 6.45) is 7.86. The van der Waals surface area contributed by atoms with Crippen molar-refractivity contribution < 1.29 is 29.3 Å². The van der Waals surface area contributed by atoms with Crippen LogP contribution in [0, 0.1) is 17.8 Å². The van der Waals surface area contributed by atoms with Crippen molar-refractivity contribution in [2.45, 2.75) is 76.9 Å². The first-order valence-electron chi connectivity index (χ1n) is 11.3. The fourth-order valence-corrected chi connectivity index (χ4v) is 5.44. The molecule has 0 unspecified atom stereocenters. The Bertz CT molecular complexity index is 718. The van der Waals surface area contributed by atoms with Crippen LogP contribution in [0.2, 0.25) is 0 Å². The Labute approximate surface area is 178 Å². The molecule has 0 radical (unpaired) electrons. The van der Waals surface area contributed by atoms with E-state index in [0.29, 0.717) is 24.1 Å². The molecule has 6 heteroatoms. The minimum atomic E-state index is -0.987. The molecule has 0 amide bonds. The Kier molecular flexibility index (Phi) is 8.14. The lowest BCUT2D eigenvalue weighted by Crippen LogP contribution is -2.29. The van der Waals surface area contributed by atoms with Crippen LogP contribution < -0.4 is 4.74 Å². The Hall–Kier alpha value is -2.08. The standard InChI is InChI=1S/C24H34O6/c1-2-3-4-7-18(26)9-10-19-20-11-16-6-5-8-22(29-14-24(27)28)21(16)12-17(20)13-23(19)30-15-25/h5-6,8,15,17-20,23,26H,2-4,7,9-14H2,1H3,(H,27,28)/t17-,18-,19+,20-,23+/m0/s1. The van der Waals surface area contributed by atoms with Crippen LogP contribution in [-0.4, -0.2) is 41.5 Å². The number of fused-ring (bicyclic) bond motifs is 2. The van der Waals surface area contributed by atoms with Gasteiger partial charge in [0.15, 0.2) is 6.61 Å². The van der Waals surface area contributed by atoms with Crippen molar-refractivity contribution in [3.63, 3.8) is 0 Å². The second-order valence-corrected chi connectivity index (χ2v) is 8.81. The molecular weight excluding hydrogens is 384 g/mol. The van der Waals surface area contributed by atoms with Gasteiger partial charge in [0, 0.05) is 0 Å². The molecule has 0 heterocycles. The molecular formula is C24H34O6. The topological polar surface area (TPSA) is 93.1 Å². The third kappa shape index (κ3) is 5.54. The summed E-state index contributed by atoms with van der Waals surface area (Å²) < 4.78 is 11.0. The van der Waals surface area contributed by atoms with Crippen molar-refractivity contribution in [2.75, 3.05) is 6.61 Å². The first-order valence-corrected chi connectivity index (χ1v) is 11.3. The van der Waals surface area contributed by atoms with Gasteiger partial charge in [-0.25, -0.2) is 4.79 Å². The molecule has 2 aliphatic carbocycles. The van der Waals surface area contributed by atoms with E-state index in [1.807, 2.05) is 12.1 Å². The predicted octanol–water partition coefficient (Wildman–Crippen LogP) is 3.76. The van der Waals surface area contributed by atoms with Crippen molar-refractivity contribution in [3.8, 4) is 5.75 Å². The number of carboxylic acids is 1. The summed E-state index contributed by atoms with van der Waals surface area (Å²) in [4.78, 5) is 22.0. The van der Waals surface area contributed by atoms with Crippen LogP contribution >= 0.6 is 0 Å². The zero-order valence-electron chi connectivity index (χ0n) is 17.8. The molecule has 30 heavy (non-hydrogen) atoms. The Morgan fingerprint density at radius 1 is 1.27 bits per heavy atom. The molecule has 0 saturated heterocycles. The van der Waals surface area contributed by atoms with E-state index in [4.69, 9.17) is 14.6 Å². The molecule has 6 nitrogen and oxygen atoms in total. The van der Waals surface area contributed by atoms with Crippen LogP contribution in [0.3, 0.4) is 0 Å². The number of hydrogen-bond donors (Lipinski definition) is 2. The maximum absolute atomic E-state index is 11.1. The van der Waals surface area contributed by atoms with E-state index in [1.165, 1.54) is 5.56 Å². The molecule has 3 rings (SSSR count). The number of aliphatic hydroxyl groups excluding tert-OH is 1. The van der Waals surface area contributed by atoms with Gasteiger partial charge >= 0.3 is 5.97 Å². The molecule has 0 bridgehead atoms. The first kappa shape index (κ1) is 22.6. The SMILES string of the molecule is CCCCC[C@H](O)CC[C@@H]1[C@H]2Cc3cccc(OCC(=O)O)c3C[C@H]2C[C@H]1OC=O. The fourth-order valence-electron chi connectivity index (χ4n) is 5.44. The number of ether oxygens (including phenoxy) is 2. The summed E-state index contributed by atoms with van der Waals surface area (Å²) in [7, 11) is 0. The second kappa shape index (κ2) is 10.8. The minimum Gasteiger partial charge on any atom is -0.482 e. The molecule has 0 aromatic heterocycles. The smallest absolute Gasteiger partial charge is 0.341 e. The van der Waals surface area contributed by atoms with Gasteiger partial charge in [0.25, 0.3) is 6.47 Å². The third-order valence-corrected chi connectivity index (χ3v) is 6.88. The quantitative estimate of drug-likeness (QED) is 0.397. The number of carbonyl (C=O) groups excluding carboxylic acids is 1. The average Bonchev–Trinajstić information content (AvgIpc) is 3.05. The zero-order chi connectivity index (χ0) is 21.5. The van der Waals surface area contributed by atoms with Gasteiger partial charge in [0.05, 0.1) is 6.10 Å². The van der Waals surface area contributed by atoms with E-state index >= 15 is 0 Å². The average molecular weight is 419 g/mol. The van der Waals surface area contributed by atoms with Gasteiger partial charge in [-0.1, -0.05) is 38.3 Å². The van der Waals surface area contributed by atoms with Crippen molar-refractivity contribution in [3.05, 3.63) is 29.3 Å². The Morgan fingerprint density at radius 3 is 2.83 bits per heavy atom. The highest BCUT2D eigenvalue weighted by Gasteiger charge is 2.46. The van der Waals surface area contributed by atoms with E-state index in [9.17, 15) is 14.7 Å².